The third kappa shape index (κ3) is 3.97. The minimum Gasteiger partial charge on any atom is -0.345 e. The lowest BCUT2D eigenvalue weighted by atomic mass is 10.2. The number of fused-ring (bicyclic) bond motifs is 1. The predicted molar refractivity (Wildman–Crippen MR) is 111 cm³/mol. The standard InChI is InChI=1S/C22H17BrFN3O/c23-17-9-7-16(8-10-17)22(28)25-13-21-26-19-3-1-2-4-20(19)27(21)14-15-5-11-18(24)12-6-15/h1-12H,13-14H2,(H,25,28). The quantitative estimate of drug-likeness (QED) is 0.481. The summed E-state index contributed by atoms with van der Waals surface area (Å²) in [7, 11) is 0. The normalized spacial score (nSPS) is 10.9. The number of nitrogens with one attached hydrogen (secondary N) is 1. The molecule has 4 rings (SSSR count). The molecule has 0 unspecified atom stereocenters. The van der Waals surface area contributed by atoms with E-state index in [4.69, 9.17) is 0 Å². The molecular weight excluding hydrogens is 421 g/mol. The Hall–Kier alpha value is -2.99. The van der Waals surface area contributed by atoms with Gasteiger partial charge < -0.3 is 9.88 Å². The van der Waals surface area contributed by atoms with E-state index in [2.05, 4.69) is 26.2 Å². The highest BCUT2D eigenvalue weighted by Gasteiger charge is 2.13. The first kappa shape index (κ1) is 18.4. The van der Waals surface area contributed by atoms with Gasteiger partial charge in [-0.3, -0.25) is 4.79 Å². The van der Waals surface area contributed by atoms with Crippen molar-refractivity contribution in [1.29, 1.82) is 0 Å². The molecule has 1 amide bonds. The molecule has 1 N–H and O–H groups in total. The second kappa shape index (κ2) is 7.94. The smallest absolute Gasteiger partial charge is 0.251 e. The largest absolute Gasteiger partial charge is 0.345 e. The minimum atomic E-state index is -0.263. The van der Waals surface area contributed by atoms with Gasteiger partial charge in [-0.15, -0.1) is 0 Å². The predicted octanol–water partition coefficient (Wildman–Crippen LogP) is 4.92. The highest BCUT2D eigenvalue weighted by molar-refractivity contribution is 9.10. The van der Waals surface area contributed by atoms with Crippen LogP contribution in [-0.2, 0) is 13.1 Å². The molecule has 0 atom stereocenters. The summed E-state index contributed by atoms with van der Waals surface area (Å²) in [6.07, 6.45) is 0. The average Bonchev–Trinajstić information content (AvgIpc) is 3.06. The fourth-order valence-corrected chi connectivity index (χ4v) is 3.34. The number of aromatic nitrogens is 2. The molecule has 0 aliphatic heterocycles. The fraction of sp³-hybridized carbons (Fsp3) is 0.0909. The van der Waals surface area contributed by atoms with E-state index in [0.29, 0.717) is 18.7 Å². The Morgan fingerprint density at radius 2 is 1.71 bits per heavy atom. The molecule has 4 nitrogen and oxygen atoms in total. The highest BCUT2D eigenvalue weighted by atomic mass is 79.9. The van der Waals surface area contributed by atoms with Gasteiger partial charge in [-0.1, -0.05) is 40.2 Å². The van der Waals surface area contributed by atoms with E-state index < -0.39 is 0 Å². The Bertz CT molecular complexity index is 1120. The number of halogens is 2. The molecule has 0 fully saturated rings. The number of rotatable bonds is 5. The van der Waals surface area contributed by atoms with Crippen LogP contribution in [0.1, 0.15) is 21.7 Å². The number of benzene rings is 3. The van der Waals surface area contributed by atoms with Gasteiger partial charge in [0.05, 0.1) is 17.6 Å². The van der Waals surface area contributed by atoms with Crippen LogP contribution in [0, 0.1) is 5.82 Å². The molecule has 0 radical (unpaired) electrons. The lowest BCUT2D eigenvalue weighted by Gasteiger charge is -2.11. The fourth-order valence-electron chi connectivity index (χ4n) is 3.07. The van der Waals surface area contributed by atoms with E-state index in [-0.39, 0.29) is 11.7 Å². The molecule has 0 saturated carbocycles. The third-order valence-corrected chi connectivity index (χ3v) is 5.03. The molecule has 140 valence electrons. The second-order valence-electron chi connectivity index (χ2n) is 6.42. The summed E-state index contributed by atoms with van der Waals surface area (Å²) >= 11 is 3.37. The van der Waals surface area contributed by atoms with Crippen LogP contribution in [0.25, 0.3) is 11.0 Å². The zero-order valence-electron chi connectivity index (χ0n) is 14.9. The second-order valence-corrected chi connectivity index (χ2v) is 7.33. The summed E-state index contributed by atoms with van der Waals surface area (Å²) in [5.74, 6) is 0.324. The van der Waals surface area contributed by atoms with Gasteiger partial charge in [0, 0.05) is 16.6 Å². The van der Waals surface area contributed by atoms with E-state index in [0.717, 1.165) is 26.9 Å². The first-order valence-corrected chi connectivity index (χ1v) is 9.62. The molecule has 0 aliphatic rings. The van der Waals surface area contributed by atoms with Gasteiger partial charge in [-0.2, -0.15) is 0 Å². The van der Waals surface area contributed by atoms with Gasteiger partial charge in [-0.05, 0) is 54.1 Å². The van der Waals surface area contributed by atoms with Crippen molar-refractivity contribution in [2.75, 3.05) is 0 Å². The first-order chi connectivity index (χ1) is 13.6. The number of hydrogen-bond acceptors (Lipinski definition) is 2. The summed E-state index contributed by atoms with van der Waals surface area (Å²) < 4.78 is 16.2. The maximum absolute atomic E-state index is 13.2. The molecule has 0 spiro atoms. The molecule has 3 aromatic carbocycles. The van der Waals surface area contributed by atoms with Gasteiger partial charge >= 0.3 is 0 Å². The van der Waals surface area contributed by atoms with E-state index >= 15 is 0 Å². The third-order valence-electron chi connectivity index (χ3n) is 4.50. The molecule has 6 heteroatoms. The van der Waals surface area contributed by atoms with Crippen molar-refractivity contribution in [3.05, 3.63) is 100 Å². The first-order valence-electron chi connectivity index (χ1n) is 8.82. The van der Waals surface area contributed by atoms with E-state index in [1.54, 1.807) is 24.3 Å². The van der Waals surface area contributed by atoms with Crippen LogP contribution in [0.3, 0.4) is 0 Å². The zero-order valence-corrected chi connectivity index (χ0v) is 16.5. The lowest BCUT2D eigenvalue weighted by molar-refractivity contribution is 0.0949. The van der Waals surface area contributed by atoms with Crippen LogP contribution < -0.4 is 5.32 Å². The van der Waals surface area contributed by atoms with Crippen molar-refractivity contribution in [1.82, 2.24) is 14.9 Å². The van der Waals surface area contributed by atoms with E-state index in [9.17, 15) is 9.18 Å². The minimum absolute atomic E-state index is 0.159. The number of carbonyl (C=O) groups excluding carboxylic acids is 1. The number of hydrogen-bond donors (Lipinski definition) is 1. The maximum Gasteiger partial charge on any atom is 0.251 e. The van der Waals surface area contributed by atoms with Crippen molar-refractivity contribution in [3.63, 3.8) is 0 Å². The summed E-state index contributed by atoms with van der Waals surface area (Å²) in [6, 6.07) is 21.4. The Morgan fingerprint density at radius 1 is 1.00 bits per heavy atom. The highest BCUT2D eigenvalue weighted by Crippen LogP contribution is 2.18. The van der Waals surface area contributed by atoms with Crippen molar-refractivity contribution in [3.8, 4) is 0 Å². The number of imidazole rings is 1. The molecule has 1 heterocycles. The van der Waals surface area contributed by atoms with Crippen LogP contribution >= 0.6 is 15.9 Å². The SMILES string of the molecule is O=C(NCc1nc2ccccc2n1Cc1ccc(F)cc1)c1ccc(Br)cc1. The topological polar surface area (TPSA) is 46.9 Å². The van der Waals surface area contributed by atoms with E-state index in [1.807, 2.05) is 41.0 Å². The number of para-hydroxylation sites is 2. The number of nitrogens with zero attached hydrogens (tertiary/aromatic N) is 2. The molecule has 0 bridgehead atoms. The van der Waals surface area contributed by atoms with Gasteiger partial charge in [0.2, 0.25) is 0 Å². The Morgan fingerprint density at radius 3 is 2.46 bits per heavy atom. The summed E-state index contributed by atoms with van der Waals surface area (Å²) in [5.41, 5.74) is 3.38. The van der Waals surface area contributed by atoms with Crippen LogP contribution in [0.4, 0.5) is 4.39 Å². The van der Waals surface area contributed by atoms with Crippen LogP contribution in [0.2, 0.25) is 0 Å². The van der Waals surface area contributed by atoms with Crippen LogP contribution in [0.15, 0.2) is 77.3 Å². The Kier molecular flexibility index (Phi) is 5.21. The molecule has 1 aromatic heterocycles. The average molecular weight is 438 g/mol. The molecule has 0 aliphatic carbocycles. The Balaban J connectivity index is 1.60. The van der Waals surface area contributed by atoms with E-state index in [1.165, 1.54) is 12.1 Å². The molecule has 28 heavy (non-hydrogen) atoms. The van der Waals surface area contributed by atoms with Crippen molar-refractivity contribution in [2.45, 2.75) is 13.1 Å². The zero-order chi connectivity index (χ0) is 19.5. The molecular formula is C22H17BrFN3O. The van der Waals surface area contributed by atoms with Crippen molar-refractivity contribution >= 4 is 32.9 Å². The summed E-state index contributed by atoms with van der Waals surface area (Å²) in [4.78, 5) is 17.1. The Labute approximate surface area is 170 Å². The summed E-state index contributed by atoms with van der Waals surface area (Å²) in [5, 5.41) is 2.93. The number of amides is 1. The van der Waals surface area contributed by atoms with Crippen molar-refractivity contribution < 1.29 is 9.18 Å². The monoisotopic (exact) mass is 437 g/mol. The number of carbonyl (C=O) groups is 1. The van der Waals surface area contributed by atoms with Gasteiger partial charge in [0.1, 0.15) is 11.6 Å². The van der Waals surface area contributed by atoms with Crippen LogP contribution in [0.5, 0.6) is 0 Å². The van der Waals surface area contributed by atoms with Crippen LogP contribution in [-0.4, -0.2) is 15.5 Å². The van der Waals surface area contributed by atoms with Gasteiger partial charge in [0.15, 0.2) is 0 Å². The van der Waals surface area contributed by atoms with Gasteiger partial charge in [-0.25, -0.2) is 9.37 Å². The molecule has 0 saturated heterocycles. The lowest BCUT2D eigenvalue weighted by Crippen LogP contribution is -2.24. The maximum atomic E-state index is 13.2. The van der Waals surface area contributed by atoms with Crippen molar-refractivity contribution in [2.24, 2.45) is 0 Å². The molecule has 4 aromatic rings. The summed E-state index contributed by atoms with van der Waals surface area (Å²) in [6.45, 7) is 0.842. The van der Waals surface area contributed by atoms with Gasteiger partial charge in [0.25, 0.3) is 5.91 Å².